The van der Waals surface area contributed by atoms with Crippen LogP contribution in [-0.2, 0) is 10.0 Å². The molecular formula is C15H14ClNO3S. The molecule has 110 valence electrons. The highest BCUT2D eigenvalue weighted by Crippen LogP contribution is 2.26. The number of aromatic nitrogens is 1. The Kier molecular flexibility index (Phi) is 4.34. The maximum absolute atomic E-state index is 12.6. The molecule has 2 aromatic rings. The lowest BCUT2D eigenvalue weighted by atomic mass is 10.1. The largest absolute Gasteiger partial charge is 0.276 e. The minimum absolute atomic E-state index is 0.131. The Balaban J connectivity index is 2.46. The van der Waals surface area contributed by atoms with Crippen molar-refractivity contribution in [2.24, 2.45) is 0 Å². The zero-order valence-corrected chi connectivity index (χ0v) is 12.9. The quantitative estimate of drug-likeness (QED) is 0.626. The average molecular weight is 324 g/mol. The Bertz CT molecular complexity index is 776. The normalized spacial score (nSPS) is 12.9. The Morgan fingerprint density at radius 1 is 1.29 bits per heavy atom. The highest BCUT2D eigenvalue weighted by atomic mass is 35.5. The fraction of sp³-hybridized carbons (Fsp3) is 0.133. The highest BCUT2D eigenvalue weighted by molar-refractivity contribution is 7.90. The molecule has 6 heteroatoms. The first-order valence-corrected chi connectivity index (χ1v) is 8.05. The van der Waals surface area contributed by atoms with Gasteiger partial charge in [0.15, 0.2) is 0 Å². The van der Waals surface area contributed by atoms with Gasteiger partial charge in [0, 0.05) is 12.4 Å². The second-order valence-corrected chi connectivity index (χ2v) is 6.92. The van der Waals surface area contributed by atoms with Crippen LogP contribution in [0.2, 0.25) is 0 Å². The van der Waals surface area contributed by atoms with Crippen LogP contribution in [0.15, 0.2) is 55.4 Å². The minimum atomic E-state index is -3.74. The van der Waals surface area contributed by atoms with E-state index in [0.29, 0.717) is 5.56 Å². The molecule has 2 rings (SSSR count). The van der Waals surface area contributed by atoms with Crippen molar-refractivity contribution >= 4 is 26.9 Å². The zero-order valence-electron chi connectivity index (χ0n) is 11.4. The fourth-order valence-corrected chi connectivity index (χ4v) is 3.58. The summed E-state index contributed by atoms with van der Waals surface area (Å²) in [6, 6.07) is 8.53. The summed E-state index contributed by atoms with van der Waals surface area (Å²) in [5, 5.41) is -1.60. The second kappa shape index (κ2) is 5.87. The molecule has 0 N–H and O–H groups in total. The molecule has 1 aromatic carbocycles. The van der Waals surface area contributed by atoms with E-state index in [-0.39, 0.29) is 5.56 Å². The van der Waals surface area contributed by atoms with Gasteiger partial charge >= 0.3 is 0 Å². The van der Waals surface area contributed by atoms with Gasteiger partial charge < -0.3 is 0 Å². The molecular weight excluding hydrogens is 310 g/mol. The molecule has 0 saturated heterocycles. The number of halogens is 1. The van der Waals surface area contributed by atoms with Crippen molar-refractivity contribution in [1.29, 1.82) is 0 Å². The lowest BCUT2D eigenvalue weighted by Crippen LogP contribution is -2.18. The van der Waals surface area contributed by atoms with E-state index in [0.717, 1.165) is 9.54 Å². The van der Waals surface area contributed by atoms with Gasteiger partial charge in [0.2, 0.25) is 10.0 Å². The summed E-state index contributed by atoms with van der Waals surface area (Å²) >= 11 is 5.35. The van der Waals surface area contributed by atoms with Crippen LogP contribution in [-0.4, -0.2) is 17.6 Å². The van der Waals surface area contributed by atoms with Gasteiger partial charge in [-0.05, 0) is 30.2 Å². The van der Waals surface area contributed by atoms with Gasteiger partial charge in [-0.1, -0.05) is 35.9 Å². The second-order valence-electron chi connectivity index (χ2n) is 4.62. The van der Waals surface area contributed by atoms with Gasteiger partial charge in [0.25, 0.3) is 5.24 Å². The van der Waals surface area contributed by atoms with Crippen LogP contribution < -0.4 is 0 Å². The number of carbonyl (C=O) groups excluding carboxylic acids is 1. The Morgan fingerprint density at radius 2 is 1.90 bits per heavy atom. The van der Waals surface area contributed by atoms with Crippen molar-refractivity contribution in [2.45, 2.75) is 12.2 Å². The summed E-state index contributed by atoms with van der Waals surface area (Å²) in [4.78, 5) is 11.1. The standard InChI is InChI=1S/C15H14ClNO3S/c1-3-14(12-6-4-11(2)5-7-12)21(19,20)17-9-8-13(10-17)15(16)18/h3-10,14H,1H2,2H3. The third-order valence-electron chi connectivity index (χ3n) is 3.13. The highest BCUT2D eigenvalue weighted by Gasteiger charge is 2.26. The molecule has 1 heterocycles. The van der Waals surface area contributed by atoms with Crippen molar-refractivity contribution in [1.82, 2.24) is 3.97 Å². The SMILES string of the molecule is C=CC(c1ccc(C)cc1)S(=O)(=O)n1ccc(C(=O)Cl)c1. The number of benzene rings is 1. The maximum atomic E-state index is 12.6. The van der Waals surface area contributed by atoms with Crippen LogP contribution in [0.1, 0.15) is 26.7 Å². The van der Waals surface area contributed by atoms with Crippen LogP contribution in [0.5, 0.6) is 0 Å². The molecule has 0 fully saturated rings. The van der Waals surface area contributed by atoms with Crippen molar-refractivity contribution in [3.05, 3.63) is 72.1 Å². The van der Waals surface area contributed by atoms with Gasteiger partial charge in [0.1, 0.15) is 5.25 Å². The third-order valence-corrected chi connectivity index (χ3v) is 5.27. The molecule has 4 nitrogen and oxygen atoms in total. The van der Waals surface area contributed by atoms with Crippen LogP contribution >= 0.6 is 11.6 Å². The number of aryl methyl sites for hydroxylation is 1. The predicted molar refractivity (Wildman–Crippen MR) is 83.1 cm³/mol. The topological polar surface area (TPSA) is 56.1 Å². The summed E-state index contributed by atoms with van der Waals surface area (Å²) in [6.45, 7) is 5.53. The maximum Gasteiger partial charge on any atom is 0.253 e. The zero-order chi connectivity index (χ0) is 15.6. The van der Waals surface area contributed by atoms with Gasteiger partial charge in [-0.25, -0.2) is 8.42 Å². The summed E-state index contributed by atoms with van der Waals surface area (Å²) < 4.78 is 26.2. The minimum Gasteiger partial charge on any atom is -0.276 e. The van der Waals surface area contributed by atoms with Crippen molar-refractivity contribution in [3.8, 4) is 0 Å². The molecule has 0 spiro atoms. The molecule has 0 saturated carbocycles. The van der Waals surface area contributed by atoms with Gasteiger partial charge in [-0.15, -0.1) is 6.58 Å². The van der Waals surface area contributed by atoms with Crippen LogP contribution in [0, 0.1) is 6.92 Å². The number of carbonyl (C=O) groups is 1. The van der Waals surface area contributed by atoms with Crippen LogP contribution in [0.4, 0.5) is 0 Å². The van der Waals surface area contributed by atoms with E-state index in [2.05, 4.69) is 6.58 Å². The molecule has 0 aliphatic rings. The lowest BCUT2D eigenvalue weighted by Gasteiger charge is -2.15. The first-order chi connectivity index (χ1) is 9.86. The Morgan fingerprint density at radius 3 is 2.38 bits per heavy atom. The van der Waals surface area contributed by atoms with Crippen molar-refractivity contribution in [2.75, 3.05) is 0 Å². The smallest absolute Gasteiger partial charge is 0.253 e. The first-order valence-electron chi connectivity index (χ1n) is 6.17. The Hall–Kier alpha value is -1.85. The van der Waals surface area contributed by atoms with E-state index in [9.17, 15) is 13.2 Å². The molecule has 0 aliphatic carbocycles. The molecule has 1 atom stereocenters. The van der Waals surface area contributed by atoms with E-state index < -0.39 is 20.5 Å². The van der Waals surface area contributed by atoms with Crippen molar-refractivity contribution in [3.63, 3.8) is 0 Å². The molecule has 1 unspecified atom stereocenters. The van der Waals surface area contributed by atoms with E-state index in [1.807, 2.05) is 19.1 Å². The summed E-state index contributed by atoms with van der Waals surface area (Å²) in [5.74, 6) is 0. The monoisotopic (exact) mass is 323 g/mol. The summed E-state index contributed by atoms with van der Waals surface area (Å²) in [7, 11) is -3.74. The van der Waals surface area contributed by atoms with Crippen LogP contribution in [0.25, 0.3) is 0 Å². The molecule has 21 heavy (non-hydrogen) atoms. The fourth-order valence-electron chi connectivity index (χ4n) is 1.97. The summed E-state index contributed by atoms with van der Waals surface area (Å²) in [6.07, 6.45) is 3.87. The van der Waals surface area contributed by atoms with Gasteiger partial charge in [-0.2, -0.15) is 0 Å². The number of hydrogen-bond donors (Lipinski definition) is 0. The average Bonchev–Trinajstić information content (AvgIpc) is 2.92. The molecule has 1 aromatic heterocycles. The first kappa shape index (κ1) is 15.5. The van der Waals surface area contributed by atoms with E-state index in [1.54, 1.807) is 12.1 Å². The number of hydrogen-bond acceptors (Lipinski definition) is 3. The van der Waals surface area contributed by atoms with Gasteiger partial charge in [-0.3, -0.25) is 8.77 Å². The molecule has 0 bridgehead atoms. The molecule has 0 aliphatic heterocycles. The number of nitrogens with zero attached hydrogens (tertiary/aromatic N) is 1. The van der Waals surface area contributed by atoms with E-state index in [4.69, 9.17) is 11.6 Å². The number of rotatable bonds is 5. The van der Waals surface area contributed by atoms with Gasteiger partial charge in [0.05, 0.1) is 5.56 Å². The Labute approximate surface area is 128 Å². The third kappa shape index (κ3) is 3.09. The van der Waals surface area contributed by atoms with E-state index in [1.165, 1.54) is 24.5 Å². The predicted octanol–water partition coefficient (Wildman–Crippen LogP) is 3.28. The van der Waals surface area contributed by atoms with E-state index >= 15 is 0 Å². The lowest BCUT2D eigenvalue weighted by molar-refractivity contribution is 0.108. The molecule has 0 radical (unpaired) electrons. The summed E-state index contributed by atoms with van der Waals surface area (Å²) in [5.41, 5.74) is 1.78. The molecule has 0 amide bonds. The van der Waals surface area contributed by atoms with Crippen LogP contribution in [0.3, 0.4) is 0 Å². The van der Waals surface area contributed by atoms with Crippen molar-refractivity contribution < 1.29 is 13.2 Å².